The molecule has 0 unspecified atom stereocenters. The Morgan fingerprint density at radius 2 is 1.91 bits per heavy atom. The number of aromatic nitrogens is 3. The third-order valence-electron chi connectivity index (χ3n) is 5.07. The Balaban J connectivity index is 1.87. The number of ether oxygens (including phenoxy) is 1. The van der Waals surface area contributed by atoms with Gasteiger partial charge < -0.3 is 30.9 Å². The summed E-state index contributed by atoms with van der Waals surface area (Å²) in [5.41, 5.74) is 9.68. The van der Waals surface area contributed by atoms with Gasteiger partial charge in [-0.1, -0.05) is 12.1 Å². The molecule has 1 heterocycles. The average Bonchev–Trinajstić information content (AvgIpc) is 2.82. The van der Waals surface area contributed by atoms with Crippen molar-refractivity contribution in [1.82, 2.24) is 25.2 Å². The molecule has 0 spiro atoms. The third-order valence-corrected chi connectivity index (χ3v) is 5.07. The summed E-state index contributed by atoms with van der Waals surface area (Å²) in [5, 5.41) is 5.78. The van der Waals surface area contributed by atoms with Gasteiger partial charge in [0.25, 0.3) is 5.91 Å². The molecule has 0 fully saturated rings. The van der Waals surface area contributed by atoms with Crippen LogP contribution in [0.15, 0.2) is 42.7 Å². The lowest BCUT2D eigenvalue weighted by Gasteiger charge is -2.24. The summed E-state index contributed by atoms with van der Waals surface area (Å²) in [6.45, 7) is 1.71. The summed E-state index contributed by atoms with van der Waals surface area (Å²) >= 11 is 0. The van der Waals surface area contributed by atoms with Gasteiger partial charge in [0.2, 0.25) is 5.95 Å². The molecule has 0 saturated heterocycles. The molecule has 10 heteroatoms. The second-order valence-electron chi connectivity index (χ2n) is 7.75. The largest absolute Gasteiger partial charge is 0.494 e. The second-order valence-corrected chi connectivity index (χ2v) is 7.75. The Kier molecular flexibility index (Phi) is 7.62. The van der Waals surface area contributed by atoms with E-state index < -0.39 is 0 Å². The molecule has 0 aliphatic heterocycles. The molecule has 0 aliphatic rings. The smallest absolute Gasteiger partial charge is 0.251 e. The van der Waals surface area contributed by atoms with Crippen molar-refractivity contribution in [2.45, 2.75) is 0 Å². The minimum atomic E-state index is -0.180. The number of amides is 1. The van der Waals surface area contributed by atoms with Gasteiger partial charge in [0.15, 0.2) is 5.82 Å². The molecule has 0 radical (unpaired) electrons. The van der Waals surface area contributed by atoms with Crippen molar-refractivity contribution in [3.05, 3.63) is 48.3 Å². The van der Waals surface area contributed by atoms with Gasteiger partial charge >= 0.3 is 0 Å². The number of benzene rings is 2. The van der Waals surface area contributed by atoms with Gasteiger partial charge in [-0.2, -0.15) is 4.98 Å². The number of nitrogens with one attached hydrogen (secondary N) is 2. The molecular formula is C23H30N8O2. The highest BCUT2D eigenvalue weighted by Gasteiger charge is 2.14. The summed E-state index contributed by atoms with van der Waals surface area (Å²) < 4.78 is 5.59. The molecule has 3 aromatic rings. The van der Waals surface area contributed by atoms with Crippen LogP contribution in [0.5, 0.6) is 5.75 Å². The second kappa shape index (κ2) is 10.6. The monoisotopic (exact) mass is 450 g/mol. The van der Waals surface area contributed by atoms with Crippen LogP contribution in [0.25, 0.3) is 11.4 Å². The fourth-order valence-corrected chi connectivity index (χ4v) is 3.21. The van der Waals surface area contributed by atoms with Crippen molar-refractivity contribution >= 4 is 28.9 Å². The van der Waals surface area contributed by atoms with E-state index in [4.69, 9.17) is 10.5 Å². The van der Waals surface area contributed by atoms with Gasteiger partial charge in [-0.05, 0) is 32.3 Å². The zero-order chi connectivity index (χ0) is 24.0. The number of rotatable bonds is 9. The van der Waals surface area contributed by atoms with Crippen LogP contribution in [0.3, 0.4) is 0 Å². The molecule has 0 atom stereocenters. The van der Waals surface area contributed by atoms with E-state index in [0.29, 0.717) is 40.0 Å². The number of nitrogens with two attached hydrogens (primary N) is 1. The Hall–Kier alpha value is -3.92. The number of hydrogen-bond donors (Lipinski definition) is 3. The Labute approximate surface area is 193 Å². The maximum atomic E-state index is 11.9. The van der Waals surface area contributed by atoms with Gasteiger partial charge in [0.1, 0.15) is 12.1 Å². The van der Waals surface area contributed by atoms with E-state index in [2.05, 4.69) is 35.4 Å². The number of likely N-dealkylation sites (N-methyl/N-ethyl adjacent to an activating group) is 2. The van der Waals surface area contributed by atoms with Gasteiger partial charge in [-0.25, -0.2) is 9.97 Å². The Bertz CT molecular complexity index is 1120. The van der Waals surface area contributed by atoms with Crippen LogP contribution >= 0.6 is 0 Å². The first-order valence-electron chi connectivity index (χ1n) is 10.4. The van der Waals surface area contributed by atoms with E-state index in [1.807, 2.05) is 33.3 Å². The molecule has 1 aromatic heterocycles. The average molecular weight is 451 g/mol. The summed E-state index contributed by atoms with van der Waals surface area (Å²) in [5.74, 6) is 1.20. The molecule has 0 bridgehead atoms. The van der Waals surface area contributed by atoms with E-state index in [9.17, 15) is 4.79 Å². The van der Waals surface area contributed by atoms with E-state index in [1.54, 1.807) is 38.4 Å². The van der Waals surface area contributed by atoms with Crippen LogP contribution < -0.4 is 26.0 Å². The van der Waals surface area contributed by atoms with Gasteiger partial charge in [0.05, 0.1) is 24.2 Å². The van der Waals surface area contributed by atoms with Crippen LogP contribution in [0.2, 0.25) is 0 Å². The lowest BCUT2D eigenvalue weighted by atomic mass is 10.1. The summed E-state index contributed by atoms with van der Waals surface area (Å²) in [6.07, 6.45) is 1.41. The normalized spacial score (nSPS) is 10.7. The number of nitrogens with zero attached hydrogens (tertiary/aromatic N) is 5. The van der Waals surface area contributed by atoms with Gasteiger partial charge in [-0.15, -0.1) is 0 Å². The van der Waals surface area contributed by atoms with Crippen LogP contribution in [-0.2, 0) is 0 Å². The maximum absolute atomic E-state index is 11.9. The minimum Gasteiger partial charge on any atom is -0.494 e. The fraction of sp³-hybridized carbons (Fsp3) is 0.304. The topological polar surface area (TPSA) is 122 Å². The van der Waals surface area contributed by atoms with Crippen molar-refractivity contribution in [3.8, 4) is 17.1 Å². The molecule has 33 heavy (non-hydrogen) atoms. The molecule has 2 aromatic carbocycles. The van der Waals surface area contributed by atoms with Crippen LogP contribution in [0.4, 0.5) is 23.0 Å². The van der Waals surface area contributed by atoms with Crippen LogP contribution in [-0.4, -0.2) is 74.1 Å². The predicted molar refractivity (Wildman–Crippen MR) is 131 cm³/mol. The van der Waals surface area contributed by atoms with Crippen molar-refractivity contribution in [3.63, 3.8) is 0 Å². The summed E-state index contributed by atoms with van der Waals surface area (Å²) in [4.78, 5) is 29.1. The SMILES string of the molecule is CNC(=O)c1cccc(-c2ncnc(Nc3cc(N)c(N(C)CCN(C)C)cc3OC)n2)c1. The van der Waals surface area contributed by atoms with Crippen LogP contribution in [0.1, 0.15) is 10.4 Å². The van der Waals surface area contributed by atoms with Crippen molar-refractivity contribution < 1.29 is 9.53 Å². The number of nitrogen functional groups attached to an aromatic ring is 1. The molecule has 0 saturated carbocycles. The highest BCUT2D eigenvalue weighted by molar-refractivity contribution is 5.95. The fourth-order valence-electron chi connectivity index (χ4n) is 3.21. The van der Waals surface area contributed by atoms with Gasteiger partial charge in [0, 0.05) is 44.4 Å². The van der Waals surface area contributed by atoms with E-state index in [0.717, 1.165) is 18.8 Å². The lowest BCUT2D eigenvalue weighted by molar-refractivity contribution is 0.0963. The summed E-state index contributed by atoms with van der Waals surface area (Å²) in [7, 11) is 9.24. The lowest BCUT2D eigenvalue weighted by Crippen LogP contribution is -2.29. The number of carbonyl (C=O) groups excluding carboxylic acids is 1. The Morgan fingerprint density at radius 3 is 2.61 bits per heavy atom. The molecule has 1 amide bonds. The number of carbonyl (C=O) groups is 1. The highest BCUT2D eigenvalue weighted by atomic mass is 16.5. The number of hydrogen-bond acceptors (Lipinski definition) is 9. The number of anilines is 4. The van der Waals surface area contributed by atoms with E-state index in [1.165, 1.54) is 6.33 Å². The highest BCUT2D eigenvalue weighted by Crippen LogP contribution is 2.36. The zero-order valence-electron chi connectivity index (χ0n) is 19.6. The van der Waals surface area contributed by atoms with Gasteiger partial charge in [-0.3, -0.25) is 4.79 Å². The van der Waals surface area contributed by atoms with Crippen molar-refractivity contribution in [1.29, 1.82) is 0 Å². The Morgan fingerprint density at radius 1 is 1.12 bits per heavy atom. The van der Waals surface area contributed by atoms with Crippen molar-refractivity contribution in [2.24, 2.45) is 0 Å². The van der Waals surface area contributed by atoms with Crippen LogP contribution in [0, 0.1) is 0 Å². The molecule has 3 rings (SSSR count). The van der Waals surface area contributed by atoms with E-state index in [-0.39, 0.29) is 5.91 Å². The number of methoxy groups -OCH3 is 1. The zero-order valence-corrected chi connectivity index (χ0v) is 19.6. The molecule has 0 aliphatic carbocycles. The minimum absolute atomic E-state index is 0.180. The third kappa shape index (κ3) is 5.86. The van der Waals surface area contributed by atoms with E-state index >= 15 is 0 Å². The standard InChI is InChI=1S/C23H30N8O2/c1-25-22(32)16-8-6-7-15(11-16)21-26-14-27-23(29-21)28-18-12-17(24)19(13-20(18)33-5)31(4)10-9-30(2)3/h6-8,11-14H,9-10,24H2,1-5H3,(H,25,32)(H,26,27,28,29). The summed E-state index contributed by atoms with van der Waals surface area (Å²) in [6, 6.07) is 10.8. The molecule has 174 valence electrons. The first-order valence-corrected chi connectivity index (χ1v) is 10.4. The quantitative estimate of drug-likeness (QED) is 0.421. The van der Waals surface area contributed by atoms with Crippen molar-refractivity contribution in [2.75, 3.05) is 64.3 Å². The molecule has 10 nitrogen and oxygen atoms in total. The maximum Gasteiger partial charge on any atom is 0.251 e. The molecular weight excluding hydrogens is 420 g/mol. The first-order chi connectivity index (χ1) is 15.8. The molecule has 4 N–H and O–H groups in total. The predicted octanol–water partition coefficient (Wildman–Crippen LogP) is 2.23. The first kappa shape index (κ1) is 23.7.